The molecule has 1 nitrogen and oxygen atoms in total. The molecule has 0 unspecified atom stereocenters. The first-order valence-electron chi connectivity index (χ1n) is 9.22. The zero-order valence-electron chi connectivity index (χ0n) is 15.3. The van der Waals surface area contributed by atoms with Gasteiger partial charge in [-0.1, -0.05) is 54.2 Å². The van der Waals surface area contributed by atoms with Crippen LogP contribution in [0.3, 0.4) is 0 Å². The minimum absolute atomic E-state index is 0.212. The largest absolute Gasteiger partial charge is 0.242 e. The molecule has 140 valence electrons. The van der Waals surface area contributed by atoms with Gasteiger partial charge in [0.1, 0.15) is 5.82 Å². The highest BCUT2D eigenvalue weighted by atomic mass is 32.2. The van der Waals surface area contributed by atoms with Gasteiger partial charge in [-0.15, -0.1) is 11.8 Å². The normalized spacial score (nSPS) is 14.5. The second kappa shape index (κ2) is 9.26. The van der Waals surface area contributed by atoms with Crippen molar-refractivity contribution < 1.29 is 4.39 Å². The molecular weight excluding hydrogens is 385 g/mol. The molecule has 1 aliphatic carbocycles. The van der Waals surface area contributed by atoms with Crippen LogP contribution < -0.4 is 0 Å². The molecule has 28 heavy (non-hydrogen) atoms. The summed E-state index contributed by atoms with van der Waals surface area (Å²) >= 11 is 3.40. The smallest absolute Gasteiger partial charge is 0.123 e. The minimum atomic E-state index is -0.212. The summed E-state index contributed by atoms with van der Waals surface area (Å²) in [6.07, 6.45) is 4.22. The number of nitrogens with zero attached hydrogens (tertiary/aromatic N) is 1. The molecule has 0 aliphatic heterocycles. The molecule has 0 saturated carbocycles. The third kappa shape index (κ3) is 5.15. The number of benzene rings is 3. The fourth-order valence-corrected chi connectivity index (χ4v) is 5.09. The van der Waals surface area contributed by atoms with E-state index < -0.39 is 0 Å². The van der Waals surface area contributed by atoms with E-state index in [1.54, 1.807) is 23.9 Å². The quantitative estimate of drug-likeness (QED) is 0.256. The molecule has 3 aromatic rings. The van der Waals surface area contributed by atoms with E-state index in [9.17, 15) is 4.39 Å². The van der Waals surface area contributed by atoms with Crippen LogP contribution in [-0.2, 0) is 12.8 Å². The van der Waals surface area contributed by atoms with Crippen LogP contribution >= 0.6 is 23.5 Å². The number of thioether (sulfide) groups is 2. The van der Waals surface area contributed by atoms with Crippen molar-refractivity contribution in [2.45, 2.75) is 23.0 Å². The molecule has 0 atom stereocenters. The van der Waals surface area contributed by atoms with Gasteiger partial charge in [0.2, 0.25) is 0 Å². The summed E-state index contributed by atoms with van der Waals surface area (Å²) in [4.78, 5) is 5.86. The predicted molar refractivity (Wildman–Crippen MR) is 120 cm³/mol. The van der Waals surface area contributed by atoms with Gasteiger partial charge in [0.15, 0.2) is 0 Å². The van der Waals surface area contributed by atoms with Crippen LogP contribution in [0.15, 0.2) is 100 Å². The maximum atomic E-state index is 13.1. The lowest BCUT2D eigenvalue weighted by atomic mass is 10.1. The Balaban J connectivity index is 1.48. The highest BCUT2D eigenvalue weighted by Gasteiger charge is 2.22. The number of para-hydroxylation sites is 1. The van der Waals surface area contributed by atoms with E-state index in [1.165, 1.54) is 23.3 Å². The first-order chi connectivity index (χ1) is 13.8. The molecule has 0 bridgehead atoms. The van der Waals surface area contributed by atoms with Crippen LogP contribution in [0.2, 0.25) is 0 Å². The van der Waals surface area contributed by atoms with Gasteiger partial charge in [0.25, 0.3) is 0 Å². The van der Waals surface area contributed by atoms with Crippen molar-refractivity contribution in [1.82, 2.24) is 0 Å². The fraction of sp³-hybridized carbons (Fsp3) is 0.125. The summed E-state index contributed by atoms with van der Waals surface area (Å²) in [6, 6.07) is 25.3. The van der Waals surface area contributed by atoms with E-state index in [-0.39, 0.29) is 5.82 Å². The van der Waals surface area contributed by atoms with Crippen LogP contribution in [0.25, 0.3) is 0 Å². The van der Waals surface area contributed by atoms with Gasteiger partial charge in [-0.2, -0.15) is 0 Å². The van der Waals surface area contributed by atoms with Crippen LogP contribution in [0, 0.1) is 5.82 Å². The number of hydrogen-bond acceptors (Lipinski definition) is 3. The Bertz CT molecular complexity index is 956. The monoisotopic (exact) mass is 405 g/mol. The molecule has 0 aromatic heterocycles. The molecule has 0 heterocycles. The van der Waals surface area contributed by atoms with E-state index in [0.29, 0.717) is 5.25 Å². The first-order valence-corrected chi connectivity index (χ1v) is 11.0. The van der Waals surface area contributed by atoms with Crippen molar-refractivity contribution in [2.24, 2.45) is 4.99 Å². The van der Waals surface area contributed by atoms with Gasteiger partial charge >= 0.3 is 0 Å². The predicted octanol–water partition coefficient (Wildman–Crippen LogP) is 7.06. The number of rotatable bonds is 5. The van der Waals surface area contributed by atoms with Crippen LogP contribution in [0.1, 0.15) is 11.1 Å². The van der Waals surface area contributed by atoms with Gasteiger partial charge in [-0.05, 0) is 71.9 Å². The standard InChI is InChI=1S/C24H20FNS2/c25-20-10-12-22(13-11-20)27-15-14-24(26-21-8-2-1-3-9-21)28-23-16-18-6-4-5-7-19(18)17-23/h1-15,23H,16-17H2. The van der Waals surface area contributed by atoms with Crippen molar-refractivity contribution >= 4 is 34.3 Å². The lowest BCUT2D eigenvalue weighted by Gasteiger charge is -2.09. The zero-order chi connectivity index (χ0) is 19.2. The molecule has 0 radical (unpaired) electrons. The Morgan fingerprint density at radius 2 is 1.50 bits per heavy atom. The summed E-state index contributed by atoms with van der Waals surface area (Å²) in [5, 5.41) is 3.53. The van der Waals surface area contributed by atoms with E-state index in [1.807, 2.05) is 47.5 Å². The minimum Gasteiger partial charge on any atom is -0.242 e. The molecule has 4 rings (SSSR count). The summed E-state index contributed by atoms with van der Waals surface area (Å²) in [5.74, 6) is -0.212. The average molecular weight is 406 g/mol. The highest BCUT2D eigenvalue weighted by molar-refractivity contribution is 8.15. The summed E-state index contributed by atoms with van der Waals surface area (Å²) in [6.45, 7) is 0. The van der Waals surface area contributed by atoms with Crippen molar-refractivity contribution in [1.29, 1.82) is 0 Å². The average Bonchev–Trinajstić information content (AvgIpc) is 3.12. The van der Waals surface area contributed by atoms with Crippen LogP contribution in [-0.4, -0.2) is 10.3 Å². The third-order valence-electron chi connectivity index (χ3n) is 4.52. The second-order valence-electron chi connectivity index (χ2n) is 6.58. The molecule has 0 saturated heterocycles. The Morgan fingerprint density at radius 1 is 0.857 bits per heavy atom. The van der Waals surface area contributed by atoms with Gasteiger partial charge in [-0.3, -0.25) is 0 Å². The lowest BCUT2D eigenvalue weighted by Crippen LogP contribution is -2.05. The van der Waals surface area contributed by atoms with Gasteiger partial charge in [-0.25, -0.2) is 9.38 Å². The molecule has 4 heteroatoms. The topological polar surface area (TPSA) is 12.4 Å². The number of hydrogen-bond donors (Lipinski definition) is 0. The lowest BCUT2D eigenvalue weighted by molar-refractivity contribution is 0.626. The van der Waals surface area contributed by atoms with Crippen molar-refractivity contribution in [3.05, 3.63) is 107 Å². The molecule has 0 spiro atoms. The SMILES string of the molecule is Fc1ccc(SC=CC(=Nc2ccccc2)SC2Cc3ccccc3C2)cc1. The Hall–Kier alpha value is -2.30. The number of fused-ring (bicyclic) bond motifs is 1. The Morgan fingerprint density at radius 3 is 2.18 bits per heavy atom. The summed E-state index contributed by atoms with van der Waals surface area (Å²) in [7, 11) is 0. The highest BCUT2D eigenvalue weighted by Crippen LogP contribution is 2.32. The van der Waals surface area contributed by atoms with Crippen molar-refractivity contribution in [3.8, 4) is 0 Å². The molecular formula is C24H20FNS2. The Kier molecular flexibility index (Phi) is 6.30. The van der Waals surface area contributed by atoms with Crippen molar-refractivity contribution in [3.63, 3.8) is 0 Å². The zero-order valence-corrected chi connectivity index (χ0v) is 16.9. The molecule has 0 amide bonds. The number of aliphatic imine (C=N–C) groups is 1. The molecule has 1 aliphatic rings. The van der Waals surface area contributed by atoms with Crippen LogP contribution in [0.5, 0.6) is 0 Å². The summed E-state index contributed by atoms with van der Waals surface area (Å²) in [5.41, 5.74) is 3.85. The number of halogens is 1. The van der Waals surface area contributed by atoms with Gasteiger partial charge in [0, 0.05) is 10.1 Å². The molecule has 3 aromatic carbocycles. The van der Waals surface area contributed by atoms with Crippen molar-refractivity contribution in [2.75, 3.05) is 0 Å². The van der Waals surface area contributed by atoms with E-state index >= 15 is 0 Å². The summed E-state index contributed by atoms with van der Waals surface area (Å²) < 4.78 is 13.1. The second-order valence-corrected chi connectivity index (χ2v) is 8.88. The molecule has 0 N–H and O–H groups in total. The maximum absolute atomic E-state index is 13.1. The van der Waals surface area contributed by atoms with Crippen LogP contribution in [0.4, 0.5) is 10.1 Å². The van der Waals surface area contributed by atoms with E-state index in [0.717, 1.165) is 28.5 Å². The molecule has 0 fully saturated rings. The maximum Gasteiger partial charge on any atom is 0.123 e. The van der Waals surface area contributed by atoms with Gasteiger partial charge in [0.05, 0.1) is 10.7 Å². The Labute approximate surface area is 173 Å². The van der Waals surface area contributed by atoms with E-state index in [4.69, 9.17) is 4.99 Å². The third-order valence-corrected chi connectivity index (χ3v) is 6.48. The fourth-order valence-electron chi connectivity index (χ4n) is 3.19. The van der Waals surface area contributed by atoms with Gasteiger partial charge < -0.3 is 0 Å². The van der Waals surface area contributed by atoms with E-state index in [2.05, 4.69) is 30.3 Å². The first kappa shape index (κ1) is 19.0.